The summed E-state index contributed by atoms with van der Waals surface area (Å²) >= 11 is 5.91. The molecule has 0 heterocycles. The zero-order chi connectivity index (χ0) is 30.6. The molecule has 220 valence electrons. The van der Waals surface area contributed by atoms with Crippen molar-refractivity contribution >= 4 is 33.2 Å². The standard InChI is InChI=1S/C30H24ClF5N2O3S/c1-18(38(29-16-24(34)7-12-28(29)36)42(40,41)25-8-3-21(31)4-9-25)26-10-5-22(32)14-19(26)2-13-30(39)37-17-20-15-23(33)6-11-27(20)35/h3-12,14-16,18H,2,13,17H2,1H3,(H,37,39)/t18-/m1/s1. The second kappa shape index (κ2) is 12.9. The minimum Gasteiger partial charge on any atom is -0.352 e. The van der Waals surface area contributed by atoms with E-state index in [1.54, 1.807) is 0 Å². The first-order valence-corrected chi connectivity index (χ1v) is 14.4. The highest BCUT2D eigenvalue weighted by molar-refractivity contribution is 7.92. The molecule has 0 unspecified atom stereocenters. The molecule has 4 aromatic carbocycles. The Kier molecular flexibility index (Phi) is 9.53. The molecule has 12 heteroatoms. The first kappa shape index (κ1) is 31.0. The SMILES string of the molecule is C[C@H](c1ccc(F)cc1CCC(=O)NCc1cc(F)ccc1F)N(c1cc(F)ccc1F)S(=O)(=O)c1ccc(Cl)cc1. The molecule has 0 radical (unpaired) electrons. The van der Waals surface area contributed by atoms with Crippen molar-refractivity contribution in [3.8, 4) is 0 Å². The van der Waals surface area contributed by atoms with Crippen LogP contribution in [0.15, 0.2) is 83.8 Å². The molecule has 0 aliphatic carbocycles. The van der Waals surface area contributed by atoms with Gasteiger partial charge >= 0.3 is 0 Å². The number of benzene rings is 4. The molecule has 1 amide bonds. The van der Waals surface area contributed by atoms with Crippen LogP contribution in [0.2, 0.25) is 5.02 Å². The highest BCUT2D eigenvalue weighted by Crippen LogP contribution is 2.37. The van der Waals surface area contributed by atoms with Crippen molar-refractivity contribution < 1.29 is 35.2 Å². The normalized spacial score (nSPS) is 12.2. The molecule has 0 fully saturated rings. The van der Waals surface area contributed by atoms with E-state index in [0.717, 1.165) is 48.5 Å². The molecule has 4 aromatic rings. The number of rotatable bonds is 10. The number of amides is 1. The number of nitrogens with one attached hydrogen (secondary N) is 1. The average molecular weight is 623 g/mol. The number of aryl methyl sites for hydroxylation is 1. The van der Waals surface area contributed by atoms with Gasteiger partial charge in [0.05, 0.1) is 16.6 Å². The van der Waals surface area contributed by atoms with E-state index < -0.39 is 56.7 Å². The minimum absolute atomic E-state index is 0.0661. The number of nitrogens with zero attached hydrogens (tertiary/aromatic N) is 1. The highest BCUT2D eigenvalue weighted by atomic mass is 35.5. The third-order valence-electron chi connectivity index (χ3n) is 6.53. The molecular formula is C30H24ClF5N2O3S. The van der Waals surface area contributed by atoms with Gasteiger partial charge in [-0.2, -0.15) is 0 Å². The summed E-state index contributed by atoms with van der Waals surface area (Å²) in [4.78, 5) is 12.3. The van der Waals surface area contributed by atoms with Gasteiger partial charge in [0.15, 0.2) is 0 Å². The van der Waals surface area contributed by atoms with Gasteiger partial charge in [0.25, 0.3) is 10.0 Å². The zero-order valence-corrected chi connectivity index (χ0v) is 23.6. The maximum absolute atomic E-state index is 15.0. The minimum atomic E-state index is -4.53. The van der Waals surface area contributed by atoms with E-state index in [1.165, 1.54) is 37.3 Å². The van der Waals surface area contributed by atoms with Crippen LogP contribution in [0, 0.1) is 29.1 Å². The molecule has 0 aliphatic rings. The molecule has 1 N–H and O–H groups in total. The van der Waals surface area contributed by atoms with Gasteiger partial charge in [-0.15, -0.1) is 0 Å². The third kappa shape index (κ3) is 7.08. The molecule has 0 saturated carbocycles. The topological polar surface area (TPSA) is 66.5 Å². The Hall–Kier alpha value is -3.96. The molecule has 0 saturated heterocycles. The van der Waals surface area contributed by atoms with Gasteiger partial charge in [-0.25, -0.2) is 30.4 Å². The third-order valence-corrected chi connectivity index (χ3v) is 8.68. The van der Waals surface area contributed by atoms with Gasteiger partial charge < -0.3 is 5.32 Å². The predicted molar refractivity (Wildman–Crippen MR) is 149 cm³/mol. The van der Waals surface area contributed by atoms with Crippen LogP contribution in [0.5, 0.6) is 0 Å². The van der Waals surface area contributed by atoms with Crippen LogP contribution in [0.3, 0.4) is 0 Å². The number of hydrogen-bond donors (Lipinski definition) is 1. The maximum Gasteiger partial charge on any atom is 0.264 e. The Morgan fingerprint density at radius 1 is 0.810 bits per heavy atom. The number of sulfonamides is 1. The van der Waals surface area contributed by atoms with Crippen LogP contribution in [0.25, 0.3) is 0 Å². The fraction of sp³-hybridized carbons (Fsp3) is 0.167. The predicted octanol–water partition coefficient (Wildman–Crippen LogP) is 7.24. The van der Waals surface area contributed by atoms with Gasteiger partial charge in [-0.1, -0.05) is 17.7 Å². The van der Waals surface area contributed by atoms with Crippen LogP contribution in [-0.2, 0) is 27.8 Å². The van der Waals surface area contributed by atoms with Crippen molar-refractivity contribution in [2.45, 2.75) is 37.2 Å². The van der Waals surface area contributed by atoms with Crippen molar-refractivity contribution in [2.75, 3.05) is 4.31 Å². The van der Waals surface area contributed by atoms with Crippen molar-refractivity contribution in [2.24, 2.45) is 0 Å². The van der Waals surface area contributed by atoms with Crippen LogP contribution < -0.4 is 9.62 Å². The fourth-order valence-corrected chi connectivity index (χ4v) is 6.22. The lowest BCUT2D eigenvalue weighted by Gasteiger charge is -2.32. The molecule has 0 bridgehead atoms. The number of carbonyl (C=O) groups is 1. The monoisotopic (exact) mass is 622 g/mol. The van der Waals surface area contributed by atoms with Crippen LogP contribution in [0.1, 0.15) is 36.1 Å². The molecule has 0 aliphatic heterocycles. The summed E-state index contributed by atoms with van der Waals surface area (Å²) in [5, 5.41) is 2.72. The molecule has 4 rings (SSSR count). The van der Waals surface area contributed by atoms with Gasteiger partial charge in [0.2, 0.25) is 5.91 Å². The molecule has 0 aromatic heterocycles. The summed E-state index contributed by atoms with van der Waals surface area (Å²) in [6, 6.07) is 12.6. The summed E-state index contributed by atoms with van der Waals surface area (Å²) in [7, 11) is -4.53. The van der Waals surface area contributed by atoms with Crippen LogP contribution in [0.4, 0.5) is 27.6 Å². The summed E-state index contributed by atoms with van der Waals surface area (Å²) in [5.41, 5.74) is -0.199. The number of carbonyl (C=O) groups excluding carboxylic acids is 1. The number of anilines is 1. The molecule has 0 spiro atoms. The second-order valence-electron chi connectivity index (χ2n) is 9.38. The Labute approximate surface area is 244 Å². The lowest BCUT2D eigenvalue weighted by molar-refractivity contribution is -0.121. The van der Waals surface area contributed by atoms with Crippen molar-refractivity contribution in [1.82, 2.24) is 5.32 Å². The summed E-state index contributed by atoms with van der Waals surface area (Å²) in [6.07, 6.45) is -0.312. The summed E-state index contributed by atoms with van der Waals surface area (Å²) in [5.74, 6) is -4.53. The van der Waals surface area contributed by atoms with Gasteiger partial charge in [-0.3, -0.25) is 9.10 Å². The van der Waals surface area contributed by atoms with Crippen molar-refractivity contribution in [1.29, 1.82) is 0 Å². The van der Waals surface area contributed by atoms with E-state index in [-0.39, 0.29) is 46.0 Å². The Morgan fingerprint density at radius 3 is 2.05 bits per heavy atom. The van der Waals surface area contributed by atoms with Crippen molar-refractivity contribution in [3.05, 3.63) is 130 Å². The van der Waals surface area contributed by atoms with Crippen LogP contribution >= 0.6 is 11.6 Å². The van der Waals surface area contributed by atoms with E-state index in [2.05, 4.69) is 5.32 Å². The molecule has 1 atom stereocenters. The first-order chi connectivity index (χ1) is 19.9. The van der Waals surface area contributed by atoms with E-state index in [1.807, 2.05) is 0 Å². The smallest absolute Gasteiger partial charge is 0.264 e. The highest BCUT2D eigenvalue weighted by Gasteiger charge is 2.33. The molecule has 42 heavy (non-hydrogen) atoms. The number of halogens is 6. The average Bonchev–Trinajstić information content (AvgIpc) is 2.94. The molecule has 5 nitrogen and oxygen atoms in total. The Morgan fingerprint density at radius 2 is 1.38 bits per heavy atom. The fourth-order valence-electron chi connectivity index (χ4n) is 4.45. The lowest BCUT2D eigenvalue weighted by Crippen LogP contribution is -2.35. The Balaban J connectivity index is 1.66. The van der Waals surface area contributed by atoms with Crippen LogP contribution in [-0.4, -0.2) is 14.3 Å². The van der Waals surface area contributed by atoms with E-state index in [0.29, 0.717) is 4.31 Å². The van der Waals surface area contributed by atoms with E-state index >= 15 is 4.39 Å². The number of hydrogen-bond acceptors (Lipinski definition) is 3. The Bertz CT molecular complexity index is 1720. The summed E-state index contributed by atoms with van der Waals surface area (Å²) < 4.78 is 99.3. The van der Waals surface area contributed by atoms with E-state index in [9.17, 15) is 30.8 Å². The quantitative estimate of drug-likeness (QED) is 0.190. The molecular weight excluding hydrogens is 599 g/mol. The summed E-state index contributed by atoms with van der Waals surface area (Å²) in [6.45, 7) is 1.13. The van der Waals surface area contributed by atoms with E-state index in [4.69, 9.17) is 11.6 Å². The van der Waals surface area contributed by atoms with Gasteiger partial charge in [-0.05, 0) is 91.2 Å². The second-order valence-corrected chi connectivity index (χ2v) is 11.6. The largest absolute Gasteiger partial charge is 0.352 e. The van der Waals surface area contributed by atoms with Gasteiger partial charge in [0, 0.05) is 29.6 Å². The van der Waals surface area contributed by atoms with Gasteiger partial charge in [0.1, 0.15) is 29.1 Å². The first-order valence-electron chi connectivity index (χ1n) is 12.6. The van der Waals surface area contributed by atoms with Crippen molar-refractivity contribution in [3.63, 3.8) is 0 Å². The maximum atomic E-state index is 15.0. The zero-order valence-electron chi connectivity index (χ0n) is 22.1. The lowest BCUT2D eigenvalue weighted by atomic mass is 9.97.